The summed E-state index contributed by atoms with van der Waals surface area (Å²) in [7, 11) is 0. The van der Waals surface area contributed by atoms with Crippen LogP contribution in [0.15, 0.2) is 42.5 Å². The van der Waals surface area contributed by atoms with Crippen molar-refractivity contribution in [2.75, 3.05) is 11.9 Å². The van der Waals surface area contributed by atoms with Crippen LogP contribution in [0, 0.1) is 0 Å². The number of fused-ring (bicyclic) bond motifs is 3. The van der Waals surface area contributed by atoms with Crippen molar-refractivity contribution >= 4 is 16.7 Å². The third kappa shape index (κ3) is 3.20. The smallest absolute Gasteiger partial charge is 0.114 e. The first-order valence-corrected chi connectivity index (χ1v) is 10.8. The lowest BCUT2D eigenvalue weighted by Gasteiger charge is -2.31. The molecule has 0 saturated carbocycles. The Balaban J connectivity index is 1.64. The van der Waals surface area contributed by atoms with Crippen LogP contribution in [-0.4, -0.2) is 28.2 Å². The van der Waals surface area contributed by atoms with Crippen molar-refractivity contribution in [1.29, 1.82) is 0 Å². The van der Waals surface area contributed by atoms with Crippen molar-refractivity contribution < 1.29 is 0 Å². The quantitative estimate of drug-likeness (QED) is 0.699. The molecule has 2 aliphatic rings. The summed E-state index contributed by atoms with van der Waals surface area (Å²) < 4.78 is 2.57. The van der Waals surface area contributed by atoms with Crippen LogP contribution in [0.4, 0.5) is 5.69 Å². The van der Waals surface area contributed by atoms with Crippen LogP contribution < -0.4 is 10.6 Å². The SMILES string of the molecule is CC1CC(n2c(Cc3ccccc3)nc3c4c(ccc32)N[C@@H](C)CC4)CCN1. The second-order valence-corrected chi connectivity index (χ2v) is 8.64. The Bertz CT molecular complexity index is 975. The molecule has 0 spiro atoms. The van der Waals surface area contributed by atoms with E-state index in [4.69, 9.17) is 4.98 Å². The number of nitrogens with zero attached hydrogens (tertiary/aromatic N) is 2. The Labute approximate surface area is 167 Å². The fourth-order valence-electron chi connectivity index (χ4n) is 5.00. The van der Waals surface area contributed by atoms with Gasteiger partial charge in [0.2, 0.25) is 0 Å². The molecule has 2 N–H and O–H groups in total. The minimum Gasteiger partial charge on any atom is -0.382 e. The standard InChI is InChI=1S/C24H30N4/c1-16-8-9-20-21(26-16)10-11-22-24(20)27-23(15-18-6-4-3-5-7-18)28(22)19-12-13-25-17(2)14-19/h3-7,10-11,16-17,19,25-26H,8-9,12-15H2,1-2H3/t16-,17?,19?/m0/s1. The zero-order valence-electron chi connectivity index (χ0n) is 16.9. The van der Waals surface area contributed by atoms with Crippen molar-refractivity contribution in [1.82, 2.24) is 14.9 Å². The molecule has 5 rings (SSSR count). The van der Waals surface area contributed by atoms with Gasteiger partial charge in [0, 0.05) is 35.8 Å². The third-order valence-corrected chi connectivity index (χ3v) is 6.44. The molecule has 0 radical (unpaired) electrons. The molecule has 2 aromatic carbocycles. The van der Waals surface area contributed by atoms with E-state index in [1.807, 2.05) is 0 Å². The van der Waals surface area contributed by atoms with Crippen LogP contribution in [0.5, 0.6) is 0 Å². The normalized spacial score (nSPS) is 24.7. The molecule has 0 bridgehead atoms. The number of aromatic nitrogens is 2. The number of rotatable bonds is 3. The average Bonchev–Trinajstić information content (AvgIpc) is 3.06. The number of hydrogen-bond acceptors (Lipinski definition) is 3. The van der Waals surface area contributed by atoms with Crippen LogP contribution in [-0.2, 0) is 12.8 Å². The second kappa shape index (κ2) is 7.25. The summed E-state index contributed by atoms with van der Waals surface area (Å²) in [6, 6.07) is 17.0. The van der Waals surface area contributed by atoms with E-state index in [0.717, 1.165) is 19.4 Å². The van der Waals surface area contributed by atoms with Crippen molar-refractivity contribution in [3.8, 4) is 0 Å². The lowest BCUT2D eigenvalue weighted by atomic mass is 9.97. The monoisotopic (exact) mass is 374 g/mol. The number of nitrogens with one attached hydrogen (secondary N) is 2. The molecular weight excluding hydrogens is 344 g/mol. The van der Waals surface area contributed by atoms with Gasteiger partial charge in [-0.25, -0.2) is 4.98 Å². The Hall–Kier alpha value is -2.33. The van der Waals surface area contributed by atoms with Crippen LogP contribution in [0.3, 0.4) is 0 Å². The van der Waals surface area contributed by atoms with Gasteiger partial charge >= 0.3 is 0 Å². The summed E-state index contributed by atoms with van der Waals surface area (Å²) in [5.41, 5.74) is 6.56. The predicted octanol–water partition coefficient (Wildman–Crippen LogP) is 4.69. The summed E-state index contributed by atoms with van der Waals surface area (Å²) in [5.74, 6) is 1.22. The summed E-state index contributed by atoms with van der Waals surface area (Å²) >= 11 is 0. The Morgan fingerprint density at radius 2 is 1.89 bits per heavy atom. The number of piperidine rings is 1. The molecular formula is C24H30N4. The highest BCUT2D eigenvalue weighted by atomic mass is 15.1. The van der Waals surface area contributed by atoms with Gasteiger partial charge in [-0.15, -0.1) is 0 Å². The van der Waals surface area contributed by atoms with Crippen LogP contribution in [0.25, 0.3) is 11.0 Å². The maximum Gasteiger partial charge on any atom is 0.114 e. The Morgan fingerprint density at radius 3 is 2.71 bits per heavy atom. The van der Waals surface area contributed by atoms with Crippen LogP contribution in [0.2, 0.25) is 0 Å². The van der Waals surface area contributed by atoms with E-state index < -0.39 is 0 Å². The summed E-state index contributed by atoms with van der Waals surface area (Å²) in [4.78, 5) is 5.25. The summed E-state index contributed by atoms with van der Waals surface area (Å²) in [6.45, 7) is 5.65. The molecule has 3 heterocycles. The van der Waals surface area contributed by atoms with Gasteiger partial charge < -0.3 is 15.2 Å². The van der Waals surface area contributed by atoms with E-state index >= 15 is 0 Å². The molecule has 1 saturated heterocycles. The highest BCUT2D eigenvalue weighted by Gasteiger charge is 2.27. The molecule has 146 valence electrons. The zero-order valence-corrected chi connectivity index (χ0v) is 16.9. The van der Waals surface area contributed by atoms with Crippen molar-refractivity contribution in [3.63, 3.8) is 0 Å². The summed E-state index contributed by atoms with van der Waals surface area (Å²) in [6.07, 6.45) is 5.53. The minimum absolute atomic E-state index is 0.522. The molecule has 0 amide bonds. The molecule has 0 aliphatic carbocycles. The molecule has 2 aliphatic heterocycles. The van der Waals surface area contributed by atoms with E-state index in [1.54, 1.807) is 0 Å². The van der Waals surface area contributed by atoms with Gasteiger partial charge in [-0.1, -0.05) is 30.3 Å². The fourth-order valence-corrected chi connectivity index (χ4v) is 5.00. The van der Waals surface area contributed by atoms with Crippen molar-refractivity contribution in [2.24, 2.45) is 0 Å². The van der Waals surface area contributed by atoms with Crippen LogP contribution >= 0.6 is 0 Å². The third-order valence-electron chi connectivity index (χ3n) is 6.44. The number of benzene rings is 2. The van der Waals surface area contributed by atoms with E-state index in [0.29, 0.717) is 18.1 Å². The minimum atomic E-state index is 0.522. The van der Waals surface area contributed by atoms with Crippen molar-refractivity contribution in [2.45, 2.75) is 64.1 Å². The molecule has 1 aromatic heterocycles. The topological polar surface area (TPSA) is 41.9 Å². The maximum absolute atomic E-state index is 5.25. The number of anilines is 1. The number of aryl methyl sites for hydroxylation is 1. The first-order valence-electron chi connectivity index (χ1n) is 10.8. The molecule has 3 aromatic rings. The number of hydrogen-bond donors (Lipinski definition) is 2. The van der Waals surface area contributed by atoms with Gasteiger partial charge in [-0.05, 0) is 63.8 Å². The summed E-state index contributed by atoms with van der Waals surface area (Å²) in [5, 5.41) is 7.26. The maximum atomic E-state index is 5.25. The first kappa shape index (κ1) is 17.7. The van der Waals surface area contributed by atoms with E-state index in [1.165, 1.54) is 52.9 Å². The lowest BCUT2D eigenvalue weighted by molar-refractivity contribution is 0.314. The van der Waals surface area contributed by atoms with Crippen LogP contribution in [0.1, 0.15) is 56.1 Å². The van der Waals surface area contributed by atoms with Gasteiger partial charge in [-0.3, -0.25) is 0 Å². The molecule has 28 heavy (non-hydrogen) atoms. The average molecular weight is 375 g/mol. The molecule has 1 fully saturated rings. The fraction of sp³-hybridized carbons (Fsp3) is 0.458. The van der Waals surface area contributed by atoms with Crippen molar-refractivity contribution in [3.05, 3.63) is 59.4 Å². The molecule has 3 atom stereocenters. The van der Waals surface area contributed by atoms with Gasteiger partial charge in [0.15, 0.2) is 0 Å². The van der Waals surface area contributed by atoms with Gasteiger partial charge in [0.25, 0.3) is 0 Å². The number of imidazole rings is 1. The predicted molar refractivity (Wildman–Crippen MR) is 116 cm³/mol. The highest BCUT2D eigenvalue weighted by molar-refractivity contribution is 5.86. The first-order chi connectivity index (χ1) is 13.7. The lowest BCUT2D eigenvalue weighted by Crippen LogP contribution is -2.37. The second-order valence-electron chi connectivity index (χ2n) is 8.64. The van der Waals surface area contributed by atoms with Gasteiger partial charge in [0.1, 0.15) is 5.82 Å². The van der Waals surface area contributed by atoms with E-state index in [-0.39, 0.29) is 0 Å². The highest BCUT2D eigenvalue weighted by Crippen LogP contribution is 2.36. The van der Waals surface area contributed by atoms with E-state index in [9.17, 15) is 0 Å². The van der Waals surface area contributed by atoms with Gasteiger partial charge in [-0.2, -0.15) is 0 Å². The molecule has 4 nitrogen and oxygen atoms in total. The largest absolute Gasteiger partial charge is 0.382 e. The zero-order chi connectivity index (χ0) is 19.1. The van der Waals surface area contributed by atoms with Gasteiger partial charge in [0.05, 0.1) is 11.0 Å². The Morgan fingerprint density at radius 1 is 1.04 bits per heavy atom. The molecule has 2 unspecified atom stereocenters. The Kier molecular flexibility index (Phi) is 4.59. The van der Waals surface area contributed by atoms with E-state index in [2.05, 4.69) is 71.5 Å². The molecule has 4 heteroatoms.